The zero-order chi connectivity index (χ0) is 19.3. The van der Waals surface area contributed by atoms with Crippen molar-refractivity contribution >= 4 is 32.9 Å². The van der Waals surface area contributed by atoms with E-state index >= 15 is 0 Å². The molecule has 140 valence electrons. The lowest BCUT2D eigenvalue weighted by molar-refractivity contribution is 0.656. The highest BCUT2D eigenvalue weighted by Crippen LogP contribution is 2.17. The van der Waals surface area contributed by atoms with Crippen LogP contribution in [0.25, 0.3) is 16.9 Å². The minimum absolute atomic E-state index is 0.219. The second-order valence-corrected chi connectivity index (χ2v) is 7.65. The third-order valence-corrected chi connectivity index (χ3v) is 5.37. The molecule has 3 aromatic heterocycles. The zero-order valence-corrected chi connectivity index (χ0v) is 17.0. The van der Waals surface area contributed by atoms with Crippen LogP contribution in [-0.4, -0.2) is 23.1 Å². The molecule has 0 bridgehead atoms. The Kier molecular flexibility index (Phi) is 4.30. The van der Waals surface area contributed by atoms with Crippen molar-refractivity contribution in [2.45, 2.75) is 33.4 Å². The van der Waals surface area contributed by atoms with Crippen LogP contribution in [0.3, 0.4) is 0 Å². The van der Waals surface area contributed by atoms with Crippen molar-refractivity contribution in [3.05, 3.63) is 67.0 Å². The van der Waals surface area contributed by atoms with E-state index in [1.165, 1.54) is 9.13 Å². The lowest BCUT2D eigenvalue weighted by Crippen LogP contribution is -2.39. The number of hydrogen-bond donors (Lipinski definition) is 0. The maximum absolute atomic E-state index is 13.2. The number of aromatic nitrogens is 5. The van der Waals surface area contributed by atoms with Crippen LogP contribution in [0.2, 0.25) is 0 Å². The van der Waals surface area contributed by atoms with Crippen LogP contribution in [0.4, 0.5) is 0 Å². The normalized spacial score (nSPS) is 11.7. The molecule has 0 spiro atoms. The maximum atomic E-state index is 13.2. The summed E-state index contributed by atoms with van der Waals surface area (Å²) in [5.74, 6) is 0.692. The van der Waals surface area contributed by atoms with Crippen molar-refractivity contribution in [1.82, 2.24) is 23.1 Å². The molecular formula is C19H20BrN5O2. The Morgan fingerprint density at radius 2 is 1.81 bits per heavy atom. The number of hydrogen-bond acceptors (Lipinski definition) is 3. The van der Waals surface area contributed by atoms with Crippen LogP contribution in [-0.2, 0) is 20.1 Å². The molecule has 4 aromatic rings. The third-order valence-electron chi connectivity index (χ3n) is 4.84. The summed E-state index contributed by atoms with van der Waals surface area (Å²) in [6.45, 7) is 5.13. The Balaban J connectivity index is 1.99. The molecule has 8 heteroatoms. The van der Waals surface area contributed by atoms with Gasteiger partial charge in [0, 0.05) is 30.0 Å². The molecule has 0 aliphatic rings. The summed E-state index contributed by atoms with van der Waals surface area (Å²) < 4.78 is 7.55. The van der Waals surface area contributed by atoms with Crippen LogP contribution in [0.1, 0.15) is 24.6 Å². The molecule has 0 fully saturated rings. The van der Waals surface area contributed by atoms with E-state index in [0.717, 1.165) is 28.7 Å². The summed E-state index contributed by atoms with van der Waals surface area (Å²) in [4.78, 5) is 30.6. The smallest absolute Gasteiger partial charge is 0.314 e. The first kappa shape index (κ1) is 17.8. The van der Waals surface area contributed by atoms with Gasteiger partial charge in [-0.25, -0.2) is 4.79 Å². The van der Waals surface area contributed by atoms with Gasteiger partial charge in [-0.15, -0.1) is 0 Å². The second-order valence-electron chi connectivity index (χ2n) is 6.74. The third kappa shape index (κ3) is 2.75. The van der Waals surface area contributed by atoms with Gasteiger partial charge in [-0.1, -0.05) is 35.0 Å². The molecule has 4 rings (SSSR count). The highest BCUT2D eigenvalue weighted by molar-refractivity contribution is 9.10. The molecule has 0 saturated heterocycles. The SMILES string of the molecule is CCCn1c(C)cn2c3c(=O)n(Cc4ccc(Br)cc4)c(=O)n(C)c3nc12. The molecule has 0 aliphatic heterocycles. The van der Waals surface area contributed by atoms with Crippen LogP contribution in [0.15, 0.2) is 44.5 Å². The van der Waals surface area contributed by atoms with Gasteiger partial charge in [0.1, 0.15) is 0 Å². The number of nitrogens with zero attached hydrogens (tertiary/aromatic N) is 5. The molecule has 0 unspecified atom stereocenters. The molecule has 0 atom stereocenters. The van der Waals surface area contributed by atoms with Crippen molar-refractivity contribution in [2.24, 2.45) is 7.05 Å². The van der Waals surface area contributed by atoms with Gasteiger partial charge in [0.25, 0.3) is 5.56 Å². The highest BCUT2D eigenvalue weighted by atomic mass is 79.9. The molecule has 3 heterocycles. The standard InChI is InChI=1S/C19H20BrN5O2/c1-4-9-23-12(2)10-24-15-16(21-18(23)24)22(3)19(27)25(17(15)26)11-13-5-7-14(20)8-6-13/h5-8,10H,4,9,11H2,1-3H3. The van der Waals surface area contributed by atoms with Crippen LogP contribution >= 0.6 is 15.9 Å². The predicted octanol–water partition coefficient (Wildman–Crippen LogP) is 2.68. The Hall–Kier alpha value is -2.61. The molecule has 0 aliphatic carbocycles. The van der Waals surface area contributed by atoms with Gasteiger partial charge < -0.3 is 4.57 Å². The monoisotopic (exact) mass is 429 g/mol. The summed E-state index contributed by atoms with van der Waals surface area (Å²) in [5, 5.41) is 0. The average Bonchev–Trinajstić information content (AvgIpc) is 3.15. The number of aryl methyl sites for hydroxylation is 3. The quantitative estimate of drug-likeness (QED) is 0.500. The van der Waals surface area contributed by atoms with E-state index < -0.39 is 0 Å². The first-order valence-corrected chi connectivity index (χ1v) is 9.63. The second kappa shape index (κ2) is 6.53. The Bertz CT molecular complexity index is 1270. The zero-order valence-electron chi connectivity index (χ0n) is 15.4. The van der Waals surface area contributed by atoms with Gasteiger partial charge in [-0.2, -0.15) is 4.98 Å². The molecule has 0 radical (unpaired) electrons. The molecular weight excluding hydrogens is 410 g/mol. The van der Waals surface area contributed by atoms with Gasteiger partial charge >= 0.3 is 5.69 Å². The van der Waals surface area contributed by atoms with E-state index in [2.05, 4.69) is 32.4 Å². The van der Waals surface area contributed by atoms with Crippen LogP contribution in [0.5, 0.6) is 0 Å². The average molecular weight is 430 g/mol. The van der Waals surface area contributed by atoms with E-state index in [1.54, 1.807) is 11.4 Å². The van der Waals surface area contributed by atoms with Crippen molar-refractivity contribution in [3.8, 4) is 0 Å². The maximum Gasteiger partial charge on any atom is 0.332 e. The van der Waals surface area contributed by atoms with Crippen molar-refractivity contribution in [3.63, 3.8) is 0 Å². The summed E-state index contributed by atoms with van der Waals surface area (Å²) in [5.41, 5.74) is 2.08. The summed E-state index contributed by atoms with van der Waals surface area (Å²) in [7, 11) is 1.66. The molecule has 7 nitrogen and oxygen atoms in total. The summed E-state index contributed by atoms with van der Waals surface area (Å²) in [6, 6.07) is 7.59. The van der Waals surface area contributed by atoms with E-state index in [4.69, 9.17) is 0 Å². The largest absolute Gasteiger partial charge is 0.332 e. The van der Waals surface area contributed by atoms with Crippen LogP contribution in [0, 0.1) is 6.92 Å². The lowest BCUT2D eigenvalue weighted by Gasteiger charge is -2.08. The number of imidazole rings is 2. The topological polar surface area (TPSA) is 66.2 Å². The van der Waals surface area contributed by atoms with Gasteiger partial charge in [0.05, 0.1) is 6.54 Å². The minimum Gasteiger partial charge on any atom is -0.314 e. The fourth-order valence-corrected chi connectivity index (χ4v) is 3.73. The predicted molar refractivity (Wildman–Crippen MR) is 108 cm³/mol. The van der Waals surface area contributed by atoms with E-state index in [0.29, 0.717) is 16.9 Å². The van der Waals surface area contributed by atoms with Gasteiger partial charge in [0.2, 0.25) is 5.78 Å². The molecule has 0 N–H and O–H groups in total. The minimum atomic E-state index is -0.366. The Morgan fingerprint density at radius 3 is 2.48 bits per heavy atom. The first-order chi connectivity index (χ1) is 12.9. The van der Waals surface area contributed by atoms with Crippen molar-refractivity contribution < 1.29 is 0 Å². The van der Waals surface area contributed by atoms with E-state index in [9.17, 15) is 9.59 Å². The number of rotatable bonds is 4. The molecule has 1 aromatic carbocycles. The fourth-order valence-electron chi connectivity index (χ4n) is 3.47. The van der Waals surface area contributed by atoms with E-state index in [1.807, 2.05) is 37.4 Å². The molecule has 0 saturated carbocycles. The number of fused-ring (bicyclic) bond motifs is 3. The summed E-state index contributed by atoms with van der Waals surface area (Å²) in [6.07, 6.45) is 2.87. The van der Waals surface area contributed by atoms with Crippen molar-refractivity contribution in [2.75, 3.05) is 0 Å². The molecule has 0 amide bonds. The van der Waals surface area contributed by atoms with Gasteiger partial charge in [-0.05, 0) is 31.0 Å². The summed E-state index contributed by atoms with van der Waals surface area (Å²) >= 11 is 3.40. The fraction of sp³-hybridized carbons (Fsp3) is 0.316. The first-order valence-electron chi connectivity index (χ1n) is 8.84. The molecule has 27 heavy (non-hydrogen) atoms. The van der Waals surface area contributed by atoms with Crippen LogP contribution < -0.4 is 11.2 Å². The number of benzene rings is 1. The van der Waals surface area contributed by atoms with Gasteiger partial charge in [-0.3, -0.25) is 18.3 Å². The van der Waals surface area contributed by atoms with Gasteiger partial charge in [0.15, 0.2) is 11.2 Å². The highest BCUT2D eigenvalue weighted by Gasteiger charge is 2.20. The Labute approximate surface area is 163 Å². The van der Waals surface area contributed by atoms with E-state index in [-0.39, 0.29) is 17.8 Å². The lowest BCUT2D eigenvalue weighted by atomic mass is 10.2. The Morgan fingerprint density at radius 1 is 1.11 bits per heavy atom. The van der Waals surface area contributed by atoms with Crippen molar-refractivity contribution in [1.29, 1.82) is 0 Å². The number of halogens is 1.